The number of esters is 2. The highest BCUT2D eigenvalue weighted by molar-refractivity contribution is 7.45. The van der Waals surface area contributed by atoms with Gasteiger partial charge in [0.15, 0.2) is 6.10 Å². The van der Waals surface area contributed by atoms with Crippen LogP contribution in [0.25, 0.3) is 0 Å². The Balaban J connectivity index is 4.33. The summed E-state index contributed by atoms with van der Waals surface area (Å²) < 4.78 is 33.9. The van der Waals surface area contributed by atoms with E-state index in [0.717, 1.165) is 44.9 Å². The number of unbranched alkanes of at least 4 members (excludes halogenated alkanes) is 23. The number of ether oxygens (including phenoxy) is 2. The second-order valence-corrected chi connectivity index (χ2v) is 19.2. The molecule has 0 heterocycles. The van der Waals surface area contributed by atoms with Crippen LogP contribution in [-0.2, 0) is 32.7 Å². The van der Waals surface area contributed by atoms with E-state index in [2.05, 4.69) is 62.5 Å². The van der Waals surface area contributed by atoms with E-state index in [0.29, 0.717) is 23.9 Å². The molecule has 0 radical (unpaired) electrons. The number of carbonyl (C=O) groups is 2. The monoisotopic (exact) mass is 880 g/mol. The van der Waals surface area contributed by atoms with Crippen LogP contribution < -0.4 is 4.89 Å². The zero-order valence-corrected chi connectivity index (χ0v) is 41.0. The summed E-state index contributed by atoms with van der Waals surface area (Å²) in [5.74, 6) is -0.894. The smallest absolute Gasteiger partial charge is 0.306 e. The third kappa shape index (κ3) is 47.3. The Labute approximate surface area is 375 Å². The number of nitrogens with zero attached hydrogens (tertiary/aromatic N) is 1. The molecule has 0 bridgehead atoms. The maximum atomic E-state index is 12.7. The van der Waals surface area contributed by atoms with Gasteiger partial charge in [-0.25, -0.2) is 0 Å². The second kappa shape index (κ2) is 43.2. The van der Waals surface area contributed by atoms with E-state index in [1.807, 2.05) is 21.1 Å². The van der Waals surface area contributed by atoms with Gasteiger partial charge in [0.2, 0.25) is 0 Å². The molecule has 0 rings (SSSR count). The number of hydrogen-bond acceptors (Lipinski definition) is 8. The lowest BCUT2D eigenvalue weighted by Gasteiger charge is -2.28. The van der Waals surface area contributed by atoms with Gasteiger partial charge in [0.1, 0.15) is 19.8 Å². The van der Waals surface area contributed by atoms with E-state index in [4.69, 9.17) is 18.5 Å². The average Bonchev–Trinajstić information content (AvgIpc) is 3.21. The van der Waals surface area contributed by atoms with Crippen molar-refractivity contribution in [3.8, 4) is 0 Å². The number of rotatable bonds is 45. The van der Waals surface area contributed by atoms with Crippen LogP contribution in [0.4, 0.5) is 0 Å². The maximum Gasteiger partial charge on any atom is 0.306 e. The number of phosphoric acid groups is 1. The average molecular weight is 880 g/mol. The topological polar surface area (TPSA) is 111 Å². The fourth-order valence-electron chi connectivity index (χ4n) is 6.71. The maximum absolute atomic E-state index is 12.7. The summed E-state index contributed by atoms with van der Waals surface area (Å²) >= 11 is 0. The molecule has 0 spiro atoms. The van der Waals surface area contributed by atoms with Gasteiger partial charge < -0.3 is 27.9 Å². The van der Waals surface area contributed by atoms with Gasteiger partial charge in [-0.2, -0.15) is 0 Å². The Bertz CT molecular complexity index is 1180. The second-order valence-electron chi connectivity index (χ2n) is 17.8. The van der Waals surface area contributed by atoms with Crippen molar-refractivity contribution in [3.63, 3.8) is 0 Å². The minimum atomic E-state index is -4.64. The number of carbonyl (C=O) groups excluding carboxylic acids is 2. The highest BCUT2D eigenvalue weighted by Gasteiger charge is 2.21. The summed E-state index contributed by atoms with van der Waals surface area (Å²) in [7, 11) is 1.14. The molecule has 0 fully saturated rings. The Morgan fingerprint density at radius 3 is 1.36 bits per heavy atom. The number of phosphoric ester groups is 1. The molecule has 0 saturated carbocycles. The lowest BCUT2D eigenvalue weighted by atomic mass is 10.0. The van der Waals surface area contributed by atoms with E-state index in [1.54, 1.807) is 0 Å². The third-order valence-corrected chi connectivity index (χ3v) is 11.6. The molecule has 0 amide bonds. The predicted octanol–water partition coefficient (Wildman–Crippen LogP) is 14.0. The molecule has 10 heteroatoms. The molecule has 1 unspecified atom stereocenters. The highest BCUT2D eigenvalue weighted by Crippen LogP contribution is 2.38. The summed E-state index contributed by atoms with van der Waals surface area (Å²) in [6.45, 7) is 4.16. The van der Waals surface area contributed by atoms with Crippen molar-refractivity contribution in [2.24, 2.45) is 0 Å². The van der Waals surface area contributed by atoms with Crippen molar-refractivity contribution >= 4 is 19.8 Å². The van der Waals surface area contributed by atoms with Crippen LogP contribution in [0.2, 0.25) is 0 Å². The fourth-order valence-corrected chi connectivity index (χ4v) is 7.44. The van der Waals surface area contributed by atoms with E-state index in [1.165, 1.54) is 128 Å². The molecule has 61 heavy (non-hydrogen) atoms. The van der Waals surface area contributed by atoms with Crippen LogP contribution in [0.1, 0.15) is 213 Å². The van der Waals surface area contributed by atoms with Gasteiger partial charge in [-0.3, -0.25) is 14.2 Å². The number of hydrogen-bond donors (Lipinski definition) is 0. The molecule has 9 nitrogen and oxygen atoms in total. The van der Waals surface area contributed by atoms with Crippen LogP contribution in [0, 0.1) is 0 Å². The first-order valence-corrected chi connectivity index (χ1v) is 26.3. The van der Waals surface area contributed by atoms with Gasteiger partial charge in [-0.1, -0.05) is 197 Å². The Morgan fingerprint density at radius 1 is 0.508 bits per heavy atom. The number of likely N-dealkylation sites (N-methyl/N-ethyl adjacent to an activating group) is 1. The molecule has 0 saturated heterocycles. The molecule has 0 aromatic rings. The molecular formula is C51H94NO8P. The highest BCUT2D eigenvalue weighted by atomic mass is 31.2. The molecule has 0 aliphatic carbocycles. The standard InChI is InChI=1S/C51H94NO8P/c1-6-8-10-12-14-16-18-20-22-24-25-26-28-30-32-34-36-38-40-42-44-51(54)60-49(48-59-61(55,56)58-46-45-52(3,4)5)47-57-50(53)43-41-39-37-35-33-31-29-27-23-21-19-17-15-13-11-9-7-2/h15,17,21,23,29,31,35,37,49H,6-14,16,18-20,22,24-28,30,32-34,36,38-48H2,1-5H3/b17-15+,23-21+,31-29+,37-35+/t49-/m1/s1. The SMILES string of the molecule is CCCCC/C=C/C/C=C/C/C=C/C/C=C/CCCC(=O)OC[C@H](COP(=O)([O-])OCC[N+](C)(C)C)OC(=O)CCCCCCCCCCCCCCCCCCCCCC. The lowest BCUT2D eigenvalue weighted by molar-refractivity contribution is -0.870. The molecule has 2 atom stereocenters. The third-order valence-electron chi connectivity index (χ3n) is 10.6. The van der Waals surface area contributed by atoms with E-state index >= 15 is 0 Å². The van der Waals surface area contributed by atoms with Gasteiger partial charge in [0, 0.05) is 12.8 Å². The van der Waals surface area contributed by atoms with E-state index < -0.39 is 32.5 Å². The van der Waals surface area contributed by atoms with Crippen molar-refractivity contribution in [2.75, 3.05) is 47.5 Å². The largest absolute Gasteiger partial charge is 0.756 e. The van der Waals surface area contributed by atoms with Crippen molar-refractivity contribution in [2.45, 2.75) is 219 Å². The predicted molar refractivity (Wildman–Crippen MR) is 254 cm³/mol. The van der Waals surface area contributed by atoms with Crippen LogP contribution in [0.5, 0.6) is 0 Å². The molecule has 0 N–H and O–H groups in total. The van der Waals surface area contributed by atoms with Crippen LogP contribution >= 0.6 is 7.82 Å². The number of quaternary nitrogens is 1. The molecule has 0 aliphatic rings. The Morgan fingerprint density at radius 2 is 0.902 bits per heavy atom. The lowest BCUT2D eigenvalue weighted by Crippen LogP contribution is -2.37. The quantitative estimate of drug-likeness (QED) is 0.0195. The minimum absolute atomic E-state index is 0.0391. The zero-order valence-electron chi connectivity index (χ0n) is 40.1. The van der Waals surface area contributed by atoms with Crippen molar-refractivity contribution in [3.05, 3.63) is 48.6 Å². The van der Waals surface area contributed by atoms with E-state index in [9.17, 15) is 19.0 Å². The van der Waals surface area contributed by atoms with Gasteiger partial charge in [-0.15, -0.1) is 0 Å². The summed E-state index contributed by atoms with van der Waals surface area (Å²) in [6, 6.07) is 0. The van der Waals surface area contributed by atoms with Gasteiger partial charge in [0.25, 0.3) is 7.82 Å². The molecule has 0 aliphatic heterocycles. The first-order valence-electron chi connectivity index (χ1n) is 24.8. The Kier molecular flexibility index (Phi) is 41.8. The summed E-state index contributed by atoms with van der Waals surface area (Å²) in [4.78, 5) is 37.6. The first kappa shape index (κ1) is 59.0. The zero-order chi connectivity index (χ0) is 45.0. The van der Waals surface area contributed by atoms with E-state index in [-0.39, 0.29) is 26.1 Å². The van der Waals surface area contributed by atoms with Crippen molar-refractivity contribution in [1.29, 1.82) is 0 Å². The molecule has 356 valence electrons. The van der Waals surface area contributed by atoms with Crippen molar-refractivity contribution < 1.29 is 42.1 Å². The van der Waals surface area contributed by atoms with Crippen LogP contribution in [-0.4, -0.2) is 70.0 Å². The minimum Gasteiger partial charge on any atom is -0.756 e. The van der Waals surface area contributed by atoms with Crippen LogP contribution in [0.15, 0.2) is 48.6 Å². The van der Waals surface area contributed by atoms with Gasteiger partial charge in [-0.05, 0) is 51.4 Å². The van der Waals surface area contributed by atoms with Gasteiger partial charge >= 0.3 is 11.9 Å². The summed E-state index contributed by atoms with van der Waals surface area (Å²) in [5.41, 5.74) is 0. The van der Waals surface area contributed by atoms with Crippen molar-refractivity contribution in [1.82, 2.24) is 0 Å². The molecule has 0 aromatic carbocycles. The molecule has 0 aromatic heterocycles. The van der Waals surface area contributed by atoms with Gasteiger partial charge in [0.05, 0.1) is 27.7 Å². The normalized spacial score (nSPS) is 13.9. The Hall–Kier alpha value is -2.03. The van der Waals surface area contributed by atoms with Crippen LogP contribution in [0.3, 0.4) is 0 Å². The summed E-state index contributed by atoms with van der Waals surface area (Å²) in [6.07, 6.45) is 51.5. The summed E-state index contributed by atoms with van der Waals surface area (Å²) in [5, 5.41) is 0. The molecular weight excluding hydrogens is 786 g/mol. The number of allylic oxidation sites excluding steroid dienone is 8. The first-order chi connectivity index (χ1) is 29.5. The fraction of sp³-hybridized carbons (Fsp3) is 0.804.